The van der Waals surface area contributed by atoms with Crippen molar-refractivity contribution in [3.8, 4) is 0 Å². The number of benzene rings is 2. The van der Waals surface area contributed by atoms with E-state index in [-0.39, 0.29) is 29.6 Å². The van der Waals surface area contributed by atoms with Crippen molar-refractivity contribution in [3.63, 3.8) is 0 Å². The smallest absolute Gasteiger partial charge is 0.269 e. The fourth-order valence-electron chi connectivity index (χ4n) is 2.95. The molecule has 2 aromatic carbocycles. The molecule has 7 heteroatoms. The van der Waals surface area contributed by atoms with Crippen molar-refractivity contribution in [3.05, 3.63) is 86.2 Å². The number of aromatic nitrogens is 1. The number of H-pyrrole nitrogens is 1. The highest BCUT2D eigenvalue weighted by atomic mass is 16.6. The summed E-state index contributed by atoms with van der Waals surface area (Å²) >= 11 is 0. The predicted octanol–water partition coefficient (Wildman–Crippen LogP) is 3.20. The van der Waals surface area contributed by atoms with Gasteiger partial charge >= 0.3 is 0 Å². The minimum Gasteiger partial charge on any atom is -0.339 e. The molecule has 0 aliphatic rings. The Morgan fingerprint density at radius 1 is 1.19 bits per heavy atom. The lowest BCUT2D eigenvalue weighted by atomic mass is 10.0. The average Bonchev–Trinajstić information content (AvgIpc) is 2.67. The number of nitro groups is 1. The molecule has 0 saturated carbocycles. The Morgan fingerprint density at radius 2 is 1.93 bits per heavy atom. The summed E-state index contributed by atoms with van der Waals surface area (Å²) in [4.78, 5) is 39.7. The zero-order valence-corrected chi connectivity index (χ0v) is 15.0. The lowest BCUT2D eigenvalue weighted by Crippen LogP contribution is -2.32. The van der Waals surface area contributed by atoms with Crippen molar-refractivity contribution in [2.45, 2.75) is 19.4 Å². The van der Waals surface area contributed by atoms with E-state index in [0.717, 1.165) is 10.9 Å². The molecule has 0 saturated heterocycles. The molecular weight excluding hydrogens is 346 g/mol. The van der Waals surface area contributed by atoms with Crippen LogP contribution in [0, 0.1) is 10.1 Å². The highest BCUT2D eigenvalue weighted by Crippen LogP contribution is 2.23. The number of hydrogen-bond donors (Lipinski definition) is 1. The van der Waals surface area contributed by atoms with Crippen molar-refractivity contribution >= 4 is 22.5 Å². The number of hydrogen-bond acceptors (Lipinski definition) is 4. The quantitative estimate of drug-likeness (QED) is 0.555. The molecule has 0 aliphatic carbocycles. The fourth-order valence-corrected chi connectivity index (χ4v) is 2.95. The number of pyridine rings is 1. The largest absolute Gasteiger partial charge is 0.339 e. The van der Waals surface area contributed by atoms with Crippen LogP contribution in [0.5, 0.6) is 0 Å². The first-order chi connectivity index (χ1) is 12.9. The molecule has 0 aliphatic heterocycles. The molecule has 1 heterocycles. The van der Waals surface area contributed by atoms with E-state index in [1.165, 1.54) is 17.0 Å². The molecular formula is C20H19N3O4. The number of fused-ring (bicyclic) bond motifs is 1. The molecule has 0 radical (unpaired) electrons. The molecule has 1 atom stereocenters. The number of non-ortho nitro benzene ring substituents is 1. The van der Waals surface area contributed by atoms with Crippen LogP contribution in [-0.2, 0) is 11.2 Å². The highest BCUT2D eigenvalue weighted by Gasteiger charge is 2.20. The van der Waals surface area contributed by atoms with Gasteiger partial charge in [0.25, 0.3) is 11.2 Å². The second kappa shape index (κ2) is 7.41. The lowest BCUT2D eigenvalue weighted by Gasteiger charge is -2.25. The van der Waals surface area contributed by atoms with Crippen molar-refractivity contribution in [2.75, 3.05) is 7.05 Å². The number of carbonyl (C=O) groups excluding carboxylic acids is 1. The first-order valence-corrected chi connectivity index (χ1v) is 8.48. The minimum atomic E-state index is -0.466. The maximum absolute atomic E-state index is 12.7. The van der Waals surface area contributed by atoms with Crippen LogP contribution in [0.15, 0.2) is 59.4 Å². The second-order valence-electron chi connectivity index (χ2n) is 6.42. The van der Waals surface area contributed by atoms with Gasteiger partial charge in [0, 0.05) is 30.3 Å². The fraction of sp³-hybridized carbons (Fsp3) is 0.200. The zero-order valence-electron chi connectivity index (χ0n) is 15.0. The van der Waals surface area contributed by atoms with E-state index in [9.17, 15) is 19.7 Å². The van der Waals surface area contributed by atoms with Crippen LogP contribution in [0.2, 0.25) is 0 Å². The van der Waals surface area contributed by atoms with Crippen LogP contribution in [0.4, 0.5) is 5.69 Å². The van der Waals surface area contributed by atoms with Crippen molar-refractivity contribution in [1.29, 1.82) is 0 Å². The number of aromatic amines is 1. The Bertz CT molecular complexity index is 1070. The summed E-state index contributed by atoms with van der Waals surface area (Å²) in [5.41, 5.74) is 1.45. The maximum atomic E-state index is 12.7. The van der Waals surface area contributed by atoms with Gasteiger partial charge < -0.3 is 9.88 Å². The third-order valence-electron chi connectivity index (χ3n) is 4.71. The highest BCUT2D eigenvalue weighted by molar-refractivity contribution is 5.82. The summed E-state index contributed by atoms with van der Waals surface area (Å²) in [6.07, 6.45) is -0.0457. The first-order valence-electron chi connectivity index (χ1n) is 8.48. The van der Waals surface area contributed by atoms with Gasteiger partial charge in [-0.1, -0.05) is 30.3 Å². The standard InChI is InChI=1S/C20H19N3O4/c1-13(14-7-5-8-17(11-14)23(26)27)22(2)19(24)12-16-10-15-6-3-4-9-18(15)21-20(16)25/h3-11,13H,12H2,1-2H3,(H,21,25)/t13-/m0/s1. The van der Waals surface area contributed by atoms with E-state index in [1.54, 1.807) is 38.2 Å². The van der Waals surface area contributed by atoms with Crippen LogP contribution in [0.1, 0.15) is 24.1 Å². The van der Waals surface area contributed by atoms with Crippen LogP contribution >= 0.6 is 0 Å². The number of amides is 1. The molecule has 3 aromatic rings. The van der Waals surface area contributed by atoms with Gasteiger partial charge in [-0.05, 0) is 30.0 Å². The van der Waals surface area contributed by atoms with Crippen LogP contribution in [0.3, 0.4) is 0 Å². The maximum Gasteiger partial charge on any atom is 0.269 e. The van der Waals surface area contributed by atoms with Gasteiger partial charge in [-0.3, -0.25) is 19.7 Å². The predicted molar refractivity (Wildman–Crippen MR) is 103 cm³/mol. The molecule has 0 spiro atoms. The first kappa shape index (κ1) is 18.3. The number of carbonyl (C=O) groups is 1. The van der Waals surface area contributed by atoms with Crippen molar-refractivity contribution in [1.82, 2.24) is 9.88 Å². The van der Waals surface area contributed by atoms with Gasteiger partial charge in [-0.15, -0.1) is 0 Å². The SMILES string of the molecule is C[C@@H](c1cccc([N+](=O)[O-])c1)N(C)C(=O)Cc1cc2ccccc2[nH]c1=O. The molecule has 1 amide bonds. The summed E-state index contributed by atoms with van der Waals surface area (Å²) in [6, 6.07) is 14.9. The van der Waals surface area contributed by atoms with E-state index in [4.69, 9.17) is 0 Å². The molecule has 0 fully saturated rings. The normalized spacial score (nSPS) is 11.9. The Kier molecular flexibility index (Phi) is 5.03. The van der Waals surface area contributed by atoms with Gasteiger partial charge in [0.1, 0.15) is 0 Å². The Morgan fingerprint density at radius 3 is 2.67 bits per heavy atom. The van der Waals surface area contributed by atoms with Crippen LogP contribution < -0.4 is 5.56 Å². The summed E-state index contributed by atoms with van der Waals surface area (Å²) in [5, 5.41) is 11.8. The zero-order chi connectivity index (χ0) is 19.6. The van der Waals surface area contributed by atoms with E-state index < -0.39 is 4.92 Å². The molecule has 1 N–H and O–H groups in total. The van der Waals surface area contributed by atoms with Crippen LogP contribution in [-0.4, -0.2) is 27.8 Å². The Hall–Kier alpha value is -3.48. The molecule has 0 unspecified atom stereocenters. The number of nitrogens with one attached hydrogen (secondary N) is 1. The third-order valence-corrected chi connectivity index (χ3v) is 4.71. The van der Waals surface area contributed by atoms with E-state index in [0.29, 0.717) is 11.1 Å². The molecule has 0 bridgehead atoms. The third kappa shape index (κ3) is 3.87. The number of para-hydroxylation sites is 1. The molecule has 138 valence electrons. The Balaban J connectivity index is 1.81. The second-order valence-corrected chi connectivity index (χ2v) is 6.42. The number of likely N-dealkylation sites (N-methyl/N-ethyl adjacent to an activating group) is 1. The van der Waals surface area contributed by atoms with Gasteiger partial charge in [-0.25, -0.2) is 0 Å². The Labute approximate surface area is 155 Å². The van der Waals surface area contributed by atoms with Gasteiger partial charge in [-0.2, -0.15) is 0 Å². The number of nitrogens with zero attached hydrogens (tertiary/aromatic N) is 2. The van der Waals surface area contributed by atoms with Gasteiger partial charge in [0.15, 0.2) is 0 Å². The van der Waals surface area contributed by atoms with Crippen molar-refractivity contribution in [2.24, 2.45) is 0 Å². The monoisotopic (exact) mass is 365 g/mol. The van der Waals surface area contributed by atoms with Crippen LogP contribution in [0.25, 0.3) is 10.9 Å². The van der Waals surface area contributed by atoms with E-state index in [1.807, 2.05) is 18.2 Å². The van der Waals surface area contributed by atoms with E-state index in [2.05, 4.69) is 4.98 Å². The van der Waals surface area contributed by atoms with E-state index >= 15 is 0 Å². The summed E-state index contributed by atoms with van der Waals surface area (Å²) in [5.74, 6) is -0.241. The summed E-state index contributed by atoms with van der Waals surface area (Å²) in [7, 11) is 1.63. The number of rotatable bonds is 5. The molecule has 3 rings (SSSR count). The summed E-state index contributed by atoms with van der Waals surface area (Å²) in [6.45, 7) is 1.79. The summed E-state index contributed by atoms with van der Waals surface area (Å²) < 4.78 is 0. The van der Waals surface area contributed by atoms with Gasteiger partial charge in [0.05, 0.1) is 17.4 Å². The average molecular weight is 365 g/mol. The molecule has 7 nitrogen and oxygen atoms in total. The lowest BCUT2D eigenvalue weighted by molar-refractivity contribution is -0.384. The topological polar surface area (TPSA) is 96.3 Å². The molecule has 1 aromatic heterocycles. The molecule has 27 heavy (non-hydrogen) atoms. The van der Waals surface area contributed by atoms with Gasteiger partial charge in [0.2, 0.25) is 5.91 Å². The number of nitro benzene ring substituents is 1. The van der Waals surface area contributed by atoms with Crippen molar-refractivity contribution < 1.29 is 9.72 Å². The minimum absolute atomic E-state index is 0.0221.